The van der Waals surface area contributed by atoms with Crippen LogP contribution in [0.3, 0.4) is 0 Å². The molecule has 0 aliphatic heterocycles. The molecule has 0 saturated carbocycles. The Morgan fingerprint density at radius 3 is 2.62 bits per heavy atom. The lowest BCUT2D eigenvalue weighted by molar-refractivity contribution is 0.305. The SMILES string of the molecule is Cc1nn(Cc2ccc(C#CCCO)cc2F)c(C)c1C. The summed E-state index contributed by atoms with van der Waals surface area (Å²) in [6.45, 7) is 6.39. The minimum atomic E-state index is -0.281. The number of hydrogen-bond donors (Lipinski definition) is 1. The molecule has 0 spiro atoms. The second kappa shape index (κ2) is 6.55. The number of aliphatic hydroxyl groups excluding tert-OH is 1. The smallest absolute Gasteiger partial charge is 0.129 e. The van der Waals surface area contributed by atoms with E-state index in [-0.39, 0.29) is 12.4 Å². The van der Waals surface area contributed by atoms with E-state index in [1.165, 1.54) is 6.07 Å². The van der Waals surface area contributed by atoms with E-state index in [0.29, 0.717) is 24.1 Å². The summed E-state index contributed by atoms with van der Waals surface area (Å²) in [4.78, 5) is 0. The van der Waals surface area contributed by atoms with E-state index < -0.39 is 0 Å². The fraction of sp³-hybridized carbons (Fsp3) is 0.353. The number of aromatic nitrogens is 2. The van der Waals surface area contributed by atoms with Gasteiger partial charge in [-0.2, -0.15) is 5.10 Å². The van der Waals surface area contributed by atoms with Crippen LogP contribution < -0.4 is 0 Å². The molecule has 0 atom stereocenters. The zero-order chi connectivity index (χ0) is 15.4. The standard InChI is InChI=1S/C17H19FN2O/c1-12-13(2)19-20(14(12)3)11-16-8-7-15(10-17(16)18)6-4-5-9-21/h7-8,10,21H,5,9,11H2,1-3H3. The third-order valence-electron chi connectivity index (χ3n) is 3.59. The Hall–Kier alpha value is -2.12. The van der Waals surface area contributed by atoms with Crippen molar-refractivity contribution in [3.05, 3.63) is 52.1 Å². The summed E-state index contributed by atoms with van der Waals surface area (Å²) in [7, 11) is 0. The molecule has 1 N–H and O–H groups in total. The van der Waals surface area contributed by atoms with Gasteiger partial charge in [0, 0.05) is 23.2 Å². The van der Waals surface area contributed by atoms with Gasteiger partial charge < -0.3 is 5.11 Å². The first-order chi connectivity index (χ1) is 10.0. The van der Waals surface area contributed by atoms with E-state index in [9.17, 15) is 4.39 Å². The largest absolute Gasteiger partial charge is 0.395 e. The molecule has 0 amide bonds. The second-order valence-corrected chi connectivity index (χ2v) is 5.04. The Bertz CT molecular complexity index is 708. The highest BCUT2D eigenvalue weighted by molar-refractivity contribution is 5.37. The monoisotopic (exact) mass is 286 g/mol. The van der Waals surface area contributed by atoms with Crippen LogP contribution in [0.5, 0.6) is 0 Å². The molecule has 0 bridgehead atoms. The number of hydrogen-bond acceptors (Lipinski definition) is 2. The first kappa shape index (κ1) is 15.3. The predicted molar refractivity (Wildman–Crippen MR) is 80.5 cm³/mol. The van der Waals surface area contributed by atoms with Gasteiger partial charge in [0.25, 0.3) is 0 Å². The van der Waals surface area contributed by atoms with Crippen LogP contribution in [-0.4, -0.2) is 21.5 Å². The first-order valence-electron chi connectivity index (χ1n) is 6.91. The molecule has 1 heterocycles. The maximum Gasteiger partial charge on any atom is 0.129 e. The van der Waals surface area contributed by atoms with Crippen LogP contribution in [0.1, 0.15) is 34.5 Å². The van der Waals surface area contributed by atoms with Crippen LogP contribution >= 0.6 is 0 Å². The Morgan fingerprint density at radius 2 is 2.05 bits per heavy atom. The molecule has 0 radical (unpaired) electrons. The highest BCUT2D eigenvalue weighted by atomic mass is 19.1. The summed E-state index contributed by atoms with van der Waals surface area (Å²) in [6.07, 6.45) is 0.397. The van der Waals surface area contributed by atoms with Crippen LogP contribution in [0.15, 0.2) is 18.2 Å². The van der Waals surface area contributed by atoms with Crippen molar-refractivity contribution in [1.82, 2.24) is 9.78 Å². The van der Waals surface area contributed by atoms with Crippen molar-refractivity contribution in [3.63, 3.8) is 0 Å². The van der Waals surface area contributed by atoms with Crippen LogP contribution in [0.4, 0.5) is 4.39 Å². The molecule has 4 heteroatoms. The molecule has 1 aromatic heterocycles. The van der Waals surface area contributed by atoms with Gasteiger partial charge in [-0.3, -0.25) is 4.68 Å². The van der Waals surface area contributed by atoms with Gasteiger partial charge in [0.05, 0.1) is 18.8 Å². The fourth-order valence-corrected chi connectivity index (χ4v) is 2.08. The number of aliphatic hydroxyl groups is 1. The summed E-state index contributed by atoms with van der Waals surface area (Å²) in [5.41, 5.74) is 4.38. The van der Waals surface area contributed by atoms with E-state index in [4.69, 9.17) is 5.11 Å². The lowest BCUT2D eigenvalue weighted by atomic mass is 10.1. The van der Waals surface area contributed by atoms with Crippen LogP contribution in [-0.2, 0) is 6.54 Å². The first-order valence-corrected chi connectivity index (χ1v) is 6.91. The maximum absolute atomic E-state index is 14.1. The molecular formula is C17H19FN2O. The summed E-state index contributed by atoms with van der Waals surface area (Å²) in [6, 6.07) is 4.96. The lowest BCUT2D eigenvalue weighted by Gasteiger charge is -2.06. The number of rotatable bonds is 3. The molecule has 2 rings (SSSR count). The average molecular weight is 286 g/mol. The highest BCUT2D eigenvalue weighted by Crippen LogP contribution is 2.16. The Kier molecular flexibility index (Phi) is 4.77. The Labute approximate surface area is 124 Å². The molecular weight excluding hydrogens is 267 g/mol. The molecule has 21 heavy (non-hydrogen) atoms. The Morgan fingerprint density at radius 1 is 1.29 bits per heavy atom. The highest BCUT2D eigenvalue weighted by Gasteiger charge is 2.10. The van der Waals surface area contributed by atoms with Crippen molar-refractivity contribution in [1.29, 1.82) is 0 Å². The summed E-state index contributed by atoms with van der Waals surface area (Å²) < 4.78 is 15.9. The molecule has 0 aliphatic carbocycles. The van der Waals surface area contributed by atoms with Crippen molar-refractivity contribution in [2.75, 3.05) is 6.61 Å². The molecule has 0 saturated heterocycles. The van der Waals surface area contributed by atoms with Crippen LogP contribution in [0.25, 0.3) is 0 Å². The van der Waals surface area contributed by atoms with Gasteiger partial charge in [-0.25, -0.2) is 4.39 Å². The maximum atomic E-state index is 14.1. The third-order valence-corrected chi connectivity index (χ3v) is 3.59. The van der Waals surface area contributed by atoms with E-state index in [1.807, 2.05) is 25.5 Å². The molecule has 0 aliphatic rings. The quantitative estimate of drug-likeness (QED) is 0.881. The number of benzene rings is 1. The van der Waals surface area contributed by atoms with Crippen molar-refractivity contribution in [2.45, 2.75) is 33.7 Å². The van der Waals surface area contributed by atoms with Crippen molar-refractivity contribution in [2.24, 2.45) is 0 Å². The second-order valence-electron chi connectivity index (χ2n) is 5.04. The van der Waals surface area contributed by atoms with Crippen LogP contribution in [0.2, 0.25) is 0 Å². The molecule has 0 unspecified atom stereocenters. The minimum absolute atomic E-state index is 0.0187. The average Bonchev–Trinajstić information content (AvgIpc) is 2.69. The number of aryl methyl sites for hydroxylation is 1. The third kappa shape index (κ3) is 3.50. The summed E-state index contributed by atoms with van der Waals surface area (Å²) in [5, 5.41) is 13.1. The van der Waals surface area contributed by atoms with Crippen molar-refractivity contribution >= 4 is 0 Å². The van der Waals surface area contributed by atoms with Gasteiger partial charge in [0.1, 0.15) is 5.82 Å². The molecule has 2 aromatic rings. The van der Waals surface area contributed by atoms with Crippen molar-refractivity contribution in [3.8, 4) is 11.8 Å². The summed E-state index contributed by atoms with van der Waals surface area (Å²) >= 11 is 0. The summed E-state index contributed by atoms with van der Waals surface area (Å²) in [5.74, 6) is 5.33. The van der Waals surface area contributed by atoms with Gasteiger partial charge in [0.15, 0.2) is 0 Å². The lowest BCUT2D eigenvalue weighted by Crippen LogP contribution is -2.06. The molecule has 110 valence electrons. The number of halogens is 1. The molecule has 3 nitrogen and oxygen atoms in total. The minimum Gasteiger partial charge on any atom is -0.395 e. The topological polar surface area (TPSA) is 38.0 Å². The molecule has 1 aromatic carbocycles. The van der Waals surface area contributed by atoms with E-state index in [0.717, 1.165) is 17.0 Å². The molecule has 0 fully saturated rings. The predicted octanol–water partition coefficient (Wildman–Crippen LogP) is 2.73. The van der Waals surface area contributed by atoms with Crippen molar-refractivity contribution < 1.29 is 9.50 Å². The van der Waals surface area contributed by atoms with Gasteiger partial charge in [-0.05, 0) is 38.5 Å². The van der Waals surface area contributed by atoms with E-state index in [1.54, 1.807) is 12.1 Å². The zero-order valence-electron chi connectivity index (χ0n) is 12.6. The normalized spacial score (nSPS) is 10.3. The van der Waals surface area contributed by atoms with Gasteiger partial charge >= 0.3 is 0 Å². The van der Waals surface area contributed by atoms with E-state index >= 15 is 0 Å². The fourth-order valence-electron chi connectivity index (χ4n) is 2.08. The van der Waals surface area contributed by atoms with Crippen LogP contribution in [0, 0.1) is 38.4 Å². The van der Waals surface area contributed by atoms with Gasteiger partial charge in [-0.1, -0.05) is 17.9 Å². The zero-order valence-corrected chi connectivity index (χ0v) is 12.6. The van der Waals surface area contributed by atoms with Gasteiger partial charge in [0.2, 0.25) is 0 Å². The Balaban J connectivity index is 2.22. The van der Waals surface area contributed by atoms with Gasteiger partial charge in [-0.15, -0.1) is 0 Å². The number of nitrogens with zero attached hydrogens (tertiary/aromatic N) is 2. The van der Waals surface area contributed by atoms with E-state index in [2.05, 4.69) is 16.9 Å².